The van der Waals surface area contributed by atoms with Crippen LogP contribution in [0.5, 0.6) is 0 Å². The number of allylic oxidation sites excluding steroid dienone is 1. The van der Waals surface area contributed by atoms with Crippen LogP contribution in [0.1, 0.15) is 48.9 Å². The normalized spacial score (nSPS) is 29.9. The second kappa shape index (κ2) is 7.42. The Balaban J connectivity index is 1.64. The number of fused-ring (bicyclic) bond motifs is 4. The Morgan fingerprint density at radius 2 is 1.77 bits per heavy atom. The van der Waals surface area contributed by atoms with Gasteiger partial charge in [-0.1, -0.05) is 54.6 Å². The molecular formula is C27H26N2O6. The number of methoxy groups -OCH3 is 1. The second-order valence-corrected chi connectivity index (χ2v) is 9.33. The number of carbonyl (C=O) groups excluding carboxylic acids is 3. The lowest BCUT2D eigenvalue weighted by molar-refractivity contribution is -0.222. The molecule has 8 nitrogen and oxygen atoms in total. The predicted octanol–water partition coefficient (Wildman–Crippen LogP) is 3.01. The minimum atomic E-state index is -1.76. The van der Waals surface area contributed by atoms with Gasteiger partial charge in [-0.3, -0.25) is 9.69 Å². The maximum Gasteiger partial charge on any atom is 0.348 e. The standard InChI is InChI=1S/C27H26N2O6/c1-4-34-23(30)21-16(2)28(15-17-10-6-5-7-11-17)27-20-14-26(35-27,25(32)33-3)24(31)29(27)22(21)19-13-9-8-12-18(19)20/h5-13,20,22H,4,14-15H2,1-3H3/t20?,22-,26-,27-/m1/s1. The Bertz CT molecular complexity index is 1290. The topological polar surface area (TPSA) is 85.4 Å². The van der Waals surface area contributed by atoms with Crippen LogP contribution in [-0.4, -0.2) is 52.8 Å². The van der Waals surface area contributed by atoms with Gasteiger partial charge in [-0.15, -0.1) is 0 Å². The summed E-state index contributed by atoms with van der Waals surface area (Å²) in [6.45, 7) is 4.20. The third-order valence-corrected chi connectivity index (χ3v) is 7.75. The third kappa shape index (κ3) is 2.57. The number of benzene rings is 2. The summed E-state index contributed by atoms with van der Waals surface area (Å²) >= 11 is 0. The van der Waals surface area contributed by atoms with Crippen LogP contribution in [0.4, 0.5) is 0 Å². The molecule has 1 spiro atoms. The van der Waals surface area contributed by atoms with E-state index in [1.165, 1.54) is 7.11 Å². The van der Waals surface area contributed by atoms with Gasteiger partial charge in [-0.25, -0.2) is 9.59 Å². The first kappa shape index (κ1) is 21.9. The predicted molar refractivity (Wildman–Crippen MR) is 123 cm³/mol. The van der Waals surface area contributed by atoms with Gasteiger partial charge < -0.3 is 19.1 Å². The molecule has 35 heavy (non-hydrogen) atoms. The molecule has 2 aromatic rings. The van der Waals surface area contributed by atoms with E-state index in [-0.39, 0.29) is 18.9 Å². The van der Waals surface area contributed by atoms with Gasteiger partial charge in [0.1, 0.15) is 0 Å². The molecule has 2 saturated heterocycles. The van der Waals surface area contributed by atoms with Crippen LogP contribution < -0.4 is 0 Å². The SMILES string of the molecule is CCOC(=O)C1=C(C)N(Cc2ccccc2)[C@]23O[C@]4(C(=O)OC)CC2c2ccccc2[C@H]1N3C4=O. The highest BCUT2D eigenvalue weighted by atomic mass is 16.6. The number of amides is 1. The highest BCUT2D eigenvalue weighted by Crippen LogP contribution is 2.67. The van der Waals surface area contributed by atoms with Gasteiger partial charge in [0, 0.05) is 18.7 Å². The summed E-state index contributed by atoms with van der Waals surface area (Å²) in [5, 5.41) is 0. The lowest BCUT2D eigenvalue weighted by Gasteiger charge is -2.59. The van der Waals surface area contributed by atoms with Crippen molar-refractivity contribution in [3.05, 3.63) is 82.6 Å². The number of piperidine rings is 1. The second-order valence-electron chi connectivity index (χ2n) is 9.33. The number of rotatable bonds is 5. The van der Waals surface area contributed by atoms with E-state index in [0.29, 0.717) is 17.8 Å². The van der Waals surface area contributed by atoms with Crippen LogP contribution in [0.3, 0.4) is 0 Å². The first-order valence-electron chi connectivity index (χ1n) is 11.8. The monoisotopic (exact) mass is 474 g/mol. The van der Waals surface area contributed by atoms with E-state index in [1.54, 1.807) is 11.8 Å². The summed E-state index contributed by atoms with van der Waals surface area (Å²) in [5.74, 6) is -3.26. The molecule has 0 radical (unpaired) electrons. The van der Waals surface area contributed by atoms with Crippen LogP contribution in [0.15, 0.2) is 65.9 Å². The summed E-state index contributed by atoms with van der Waals surface area (Å²) in [5.41, 5.74) is 2.08. The Kier molecular flexibility index (Phi) is 4.63. The molecule has 6 rings (SSSR count). The van der Waals surface area contributed by atoms with E-state index in [2.05, 4.69) is 0 Å². The van der Waals surface area contributed by atoms with Crippen molar-refractivity contribution in [2.75, 3.05) is 13.7 Å². The molecule has 4 aliphatic heterocycles. The van der Waals surface area contributed by atoms with E-state index in [4.69, 9.17) is 14.2 Å². The van der Waals surface area contributed by atoms with Gasteiger partial charge in [0.15, 0.2) is 0 Å². The minimum Gasteiger partial charge on any atom is -0.466 e. The molecular weight excluding hydrogens is 448 g/mol. The summed E-state index contributed by atoms with van der Waals surface area (Å²) in [6, 6.07) is 16.8. The first-order valence-corrected chi connectivity index (χ1v) is 11.8. The molecule has 0 saturated carbocycles. The number of hydrogen-bond acceptors (Lipinski definition) is 7. The quantitative estimate of drug-likeness (QED) is 0.487. The molecule has 4 atom stereocenters. The molecule has 1 amide bonds. The molecule has 3 bridgehead atoms. The maximum atomic E-state index is 14.0. The summed E-state index contributed by atoms with van der Waals surface area (Å²) in [7, 11) is 1.26. The molecule has 0 aliphatic carbocycles. The molecule has 4 heterocycles. The van der Waals surface area contributed by atoms with E-state index >= 15 is 0 Å². The first-order chi connectivity index (χ1) is 16.9. The van der Waals surface area contributed by atoms with Crippen molar-refractivity contribution in [1.29, 1.82) is 0 Å². The Morgan fingerprint density at radius 3 is 2.46 bits per heavy atom. The molecule has 2 aromatic carbocycles. The van der Waals surface area contributed by atoms with Gasteiger partial charge >= 0.3 is 11.9 Å². The van der Waals surface area contributed by atoms with E-state index in [1.807, 2.05) is 66.4 Å². The van der Waals surface area contributed by atoms with Crippen molar-refractivity contribution in [2.24, 2.45) is 0 Å². The largest absolute Gasteiger partial charge is 0.466 e. The zero-order chi connectivity index (χ0) is 24.5. The van der Waals surface area contributed by atoms with Crippen molar-refractivity contribution in [1.82, 2.24) is 9.80 Å². The molecule has 8 heteroatoms. The maximum absolute atomic E-state index is 14.0. The fourth-order valence-electron chi connectivity index (χ4n) is 6.39. The fraction of sp³-hybridized carbons (Fsp3) is 0.370. The Labute approximate surface area is 203 Å². The fourth-order valence-corrected chi connectivity index (χ4v) is 6.39. The van der Waals surface area contributed by atoms with Crippen molar-refractivity contribution in [3.63, 3.8) is 0 Å². The van der Waals surface area contributed by atoms with E-state index < -0.39 is 35.3 Å². The summed E-state index contributed by atoms with van der Waals surface area (Å²) in [6.07, 6.45) is 0.173. The molecule has 0 N–H and O–H groups in total. The van der Waals surface area contributed by atoms with Crippen LogP contribution in [0, 0.1) is 0 Å². The Morgan fingerprint density at radius 1 is 1.09 bits per heavy atom. The zero-order valence-electron chi connectivity index (χ0n) is 19.8. The van der Waals surface area contributed by atoms with Gasteiger partial charge in [0.2, 0.25) is 11.4 Å². The third-order valence-electron chi connectivity index (χ3n) is 7.75. The highest BCUT2D eigenvalue weighted by Gasteiger charge is 2.81. The Hall–Kier alpha value is -3.65. The number of nitrogens with zero attached hydrogens (tertiary/aromatic N) is 2. The lowest BCUT2D eigenvalue weighted by atomic mass is 9.70. The average molecular weight is 475 g/mol. The number of hydrogen-bond donors (Lipinski definition) is 0. The van der Waals surface area contributed by atoms with E-state index in [0.717, 1.165) is 16.7 Å². The van der Waals surface area contributed by atoms with Crippen molar-refractivity contribution >= 4 is 17.8 Å². The van der Waals surface area contributed by atoms with E-state index in [9.17, 15) is 14.4 Å². The highest BCUT2D eigenvalue weighted by molar-refractivity contribution is 6.10. The van der Waals surface area contributed by atoms with Crippen LogP contribution in [-0.2, 0) is 35.1 Å². The van der Waals surface area contributed by atoms with Gasteiger partial charge in [-0.2, -0.15) is 0 Å². The molecule has 1 unspecified atom stereocenters. The summed E-state index contributed by atoms with van der Waals surface area (Å²) in [4.78, 5) is 44.1. The smallest absolute Gasteiger partial charge is 0.348 e. The molecule has 180 valence electrons. The van der Waals surface area contributed by atoms with Crippen LogP contribution in [0.2, 0.25) is 0 Å². The number of esters is 2. The number of carbonyl (C=O) groups is 3. The molecule has 2 fully saturated rings. The van der Waals surface area contributed by atoms with Crippen molar-refractivity contribution < 1.29 is 28.6 Å². The number of ether oxygens (including phenoxy) is 3. The minimum absolute atomic E-state index is 0.173. The lowest BCUT2D eigenvalue weighted by Crippen LogP contribution is -2.68. The average Bonchev–Trinajstić information content (AvgIpc) is 3.36. The zero-order valence-corrected chi connectivity index (χ0v) is 19.8. The summed E-state index contributed by atoms with van der Waals surface area (Å²) < 4.78 is 17.1. The van der Waals surface area contributed by atoms with Crippen molar-refractivity contribution in [3.8, 4) is 0 Å². The van der Waals surface area contributed by atoms with Crippen LogP contribution >= 0.6 is 0 Å². The van der Waals surface area contributed by atoms with Gasteiger partial charge in [0.25, 0.3) is 5.91 Å². The molecule has 0 aromatic heterocycles. The van der Waals surface area contributed by atoms with Gasteiger partial charge in [0.05, 0.1) is 31.2 Å². The molecule has 4 aliphatic rings. The van der Waals surface area contributed by atoms with Crippen LogP contribution in [0.25, 0.3) is 0 Å². The van der Waals surface area contributed by atoms with Crippen molar-refractivity contribution in [2.45, 2.75) is 50.2 Å². The van der Waals surface area contributed by atoms with Gasteiger partial charge in [-0.05, 0) is 30.5 Å².